The molecule has 3 atom stereocenters. The molecule has 0 aromatic heterocycles. The van der Waals surface area contributed by atoms with Crippen LogP contribution in [0.5, 0.6) is 0 Å². The lowest BCUT2D eigenvalue weighted by molar-refractivity contribution is -0.870. The lowest BCUT2D eigenvalue weighted by Gasteiger charge is -2.25. The lowest BCUT2D eigenvalue weighted by atomic mass is 10.0. The van der Waals surface area contributed by atoms with Gasteiger partial charge in [0.15, 0.2) is 0 Å². The number of aliphatic hydroxyl groups excluding tert-OH is 1. The Morgan fingerprint density at radius 3 is 1.25 bits per heavy atom. The second-order valence-electron chi connectivity index (χ2n) is 19.9. The highest BCUT2D eigenvalue weighted by Gasteiger charge is 2.27. The maximum atomic E-state index is 12.9. The Kier molecular flexibility index (Phi) is 45.9. The molecule has 0 rings (SSSR count). The Bertz CT molecular complexity index is 1140. The van der Waals surface area contributed by atoms with Crippen LogP contribution in [0.1, 0.15) is 258 Å². The summed E-state index contributed by atoms with van der Waals surface area (Å²) in [7, 11) is 1.56. The minimum Gasteiger partial charge on any atom is -0.387 e. The van der Waals surface area contributed by atoms with Gasteiger partial charge < -0.3 is 19.8 Å². The summed E-state index contributed by atoms with van der Waals surface area (Å²) < 4.78 is 23.6. The number of quaternary nitrogens is 1. The average molecular weight is 924 g/mol. The van der Waals surface area contributed by atoms with Crippen molar-refractivity contribution in [3.05, 3.63) is 36.5 Å². The molecule has 0 radical (unpaired) electrons. The number of likely N-dealkylation sites (N-methyl/N-ethyl adjacent to an activating group) is 1. The standard InChI is InChI=1S/C55H107N2O6P/c1-6-8-10-12-14-16-18-19-20-21-22-23-24-25-26-27-28-29-30-31-32-33-34-35-36-37-39-41-43-45-47-49-55(59)56-53(52-63-64(60,61)62-51-50-57(3,4)5)54(58)48-46-44-42-40-38-17-15-13-11-9-7-2/h21-22,38,40,46,48,53-54,58H,6-20,23-37,39,41-45,47,49-52H2,1-5H3,(H-,56,59,60,61)/p+1/b22-21-,40-38+,48-46+. The number of rotatable bonds is 50. The Hall–Kier alpha value is -1.28. The van der Waals surface area contributed by atoms with Gasteiger partial charge in [0, 0.05) is 6.42 Å². The summed E-state index contributed by atoms with van der Waals surface area (Å²) in [6, 6.07) is -0.860. The smallest absolute Gasteiger partial charge is 0.387 e. The van der Waals surface area contributed by atoms with E-state index in [1.807, 2.05) is 27.2 Å². The molecule has 3 N–H and O–H groups in total. The molecular weight excluding hydrogens is 816 g/mol. The Labute approximate surface area is 397 Å². The van der Waals surface area contributed by atoms with Gasteiger partial charge in [-0.1, -0.05) is 230 Å². The van der Waals surface area contributed by atoms with E-state index in [4.69, 9.17) is 9.05 Å². The van der Waals surface area contributed by atoms with E-state index in [1.54, 1.807) is 6.08 Å². The van der Waals surface area contributed by atoms with Crippen LogP contribution in [-0.2, 0) is 18.4 Å². The number of nitrogens with one attached hydrogen (secondary N) is 1. The van der Waals surface area contributed by atoms with E-state index < -0.39 is 20.0 Å². The molecule has 0 aliphatic carbocycles. The summed E-state index contributed by atoms with van der Waals surface area (Å²) in [5.41, 5.74) is 0. The third-order valence-electron chi connectivity index (χ3n) is 12.3. The minimum absolute atomic E-state index is 0.0572. The van der Waals surface area contributed by atoms with Crippen LogP contribution < -0.4 is 5.32 Å². The average Bonchev–Trinajstić information content (AvgIpc) is 3.25. The summed E-state index contributed by atoms with van der Waals surface area (Å²) in [4.78, 5) is 23.2. The van der Waals surface area contributed by atoms with Gasteiger partial charge >= 0.3 is 7.82 Å². The molecule has 9 heteroatoms. The first-order valence-electron chi connectivity index (χ1n) is 27.4. The fraction of sp³-hybridized carbons (Fsp3) is 0.873. The van der Waals surface area contributed by atoms with Crippen LogP contribution in [0, 0.1) is 0 Å². The first-order chi connectivity index (χ1) is 31.0. The van der Waals surface area contributed by atoms with Gasteiger partial charge in [-0.25, -0.2) is 4.57 Å². The SMILES string of the molecule is CCCCCCC/C=C/CC/C=C/C(O)C(COP(=O)(O)OCC[N+](C)(C)C)NC(=O)CCCCCCCCCCCCCCCCCCCCC/C=C\CCCCCCCCCC. The van der Waals surface area contributed by atoms with Gasteiger partial charge in [0.25, 0.3) is 0 Å². The highest BCUT2D eigenvalue weighted by atomic mass is 31.2. The molecule has 0 bridgehead atoms. The number of phosphoric acid groups is 1. The Balaban J connectivity index is 4.01. The number of aliphatic hydroxyl groups is 1. The van der Waals surface area contributed by atoms with E-state index in [0.717, 1.165) is 38.5 Å². The molecule has 378 valence electrons. The number of unbranched alkanes of at least 4 members (excludes halogenated alkanes) is 33. The maximum absolute atomic E-state index is 12.9. The lowest BCUT2D eigenvalue weighted by Crippen LogP contribution is -2.45. The van der Waals surface area contributed by atoms with Gasteiger partial charge in [-0.05, 0) is 57.8 Å². The van der Waals surface area contributed by atoms with E-state index in [-0.39, 0.29) is 19.1 Å². The van der Waals surface area contributed by atoms with Crippen LogP contribution in [0.3, 0.4) is 0 Å². The zero-order chi connectivity index (χ0) is 47.1. The van der Waals surface area contributed by atoms with E-state index >= 15 is 0 Å². The first kappa shape index (κ1) is 62.7. The van der Waals surface area contributed by atoms with E-state index in [2.05, 4.69) is 43.5 Å². The van der Waals surface area contributed by atoms with Crippen LogP contribution in [0.2, 0.25) is 0 Å². The van der Waals surface area contributed by atoms with Crippen molar-refractivity contribution in [1.29, 1.82) is 0 Å². The second kappa shape index (κ2) is 46.8. The quantitative estimate of drug-likeness (QED) is 0.0243. The molecule has 0 saturated heterocycles. The second-order valence-corrected chi connectivity index (χ2v) is 21.4. The van der Waals surface area contributed by atoms with Crippen molar-refractivity contribution in [2.45, 2.75) is 270 Å². The van der Waals surface area contributed by atoms with Crippen LogP contribution in [-0.4, -0.2) is 73.4 Å². The summed E-state index contributed by atoms with van der Waals surface area (Å²) in [5.74, 6) is -0.185. The third-order valence-corrected chi connectivity index (χ3v) is 13.3. The van der Waals surface area contributed by atoms with Crippen molar-refractivity contribution in [3.8, 4) is 0 Å². The molecule has 0 aliphatic heterocycles. The van der Waals surface area contributed by atoms with Crippen LogP contribution in [0.4, 0.5) is 0 Å². The predicted molar refractivity (Wildman–Crippen MR) is 277 cm³/mol. The van der Waals surface area contributed by atoms with E-state index in [9.17, 15) is 19.4 Å². The monoisotopic (exact) mass is 924 g/mol. The van der Waals surface area contributed by atoms with Gasteiger partial charge in [-0.15, -0.1) is 0 Å². The molecule has 64 heavy (non-hydrogen) atoms. The number of amides is 1. The zero-order valence-corrected chi connectivity index (χ0v) is 43.9. The van der Waals surface area contributed by atoms with Gasteiger partial charge in [-0.2, -0.15) is 0 Å². The summed E-state index contributed by atoms with van der Waals surface area (Å²) in [6.45, 7) is 4.78. The summed E-state index contributed by atoms with van der Waals surface area (Å²) in [5, 5.41) is 13.8. The number of allylic oxidation sites excluding steroid dienone is 5. The molecule has 0 heterocycles. The maximum Gasteiger partial charge on any atom is 0.472 e. The summed E-state index contributed by atoms with van der Waals surface area (Å²) in [6.07, 6.45) is 59.8. The molecule has 1 amide bonds. The molecule has 0 saturated carbocycles. The van der Waals surface area contributed by atoms with Crippen molar-refractivity contribution >= 4 is 13.7 Å². The number of hydrogen-bond acceptors (Lipinski definition) is 5. The molecule has 0 spiro atoms. The van der Waals surface area contributed by atoms with Gasteiger partial charge in [-0.3, -0.25) is 13.8 Å². The van der Waals surface area contributed by atoms with Crippen molar-refractivity contribution in [2.24, 2.45) is 0 Å². The molecular formula is C55H108N2O6P+. The van der Waals surface area contributed by atoms with Crippen molar-refractivity contribution < 1.29 is 32.9 Å². The minimum atomic E-state index is -4.34. The largest absolute Gasteiger partial charge is 0.472 e. The van der Waals surface area contributed by atoms with E-state index in [1.165, 1.54) is 199 Å². The van der Waals surface area contributed by atoms with Crippen molar-refractivity contribution in [2.75, 3.05) is 40.9 Å². The topological polar surface area (TPSA) is 105 Å². The molecule has 0 aromatic rings. The molecule has 3 unspecified atom stereocenters. The fourth-order valence-electron chi connectivity index (χ4n) is 7.99. The predicted octanol–water partition coefficient (Wildman–Crippen LogP) is 16.2. The molecule has 0 aromatic carbocycles. The first-order valence-corrected chi connectivity index (χ1v) is 28.9. The molecule has 8 nitrogen and oxygen atoms in total. The number of carbonyl (C=O) groups excluding carboxylic acids is 1. The Morgan fingerprint density at radius 1 is 0.516 bits per heavy atom. The number of phosphoric ester groups is 1. The van der Waals surface area contributed by atoms with Gasteiger partial charge in [0.1, 0.15) is 13.2 Å². The fourth-order valence-corrected chi connectivity index (χ4v) is 8.73. The number of hydrogen-bond donors (Lipinski definition) is 3. The number of nitrogens with zero attached hydrogens (tertiary/aromatic N) is 1. The third kappa shape index (κ3) is 48.6. The highest BCUT2D eigenvalue weighted by molar-refractivity contribution is 7.47. The van der Waals surface area contributed by atoms with Crippen LogP contribution in [0.25, 0.3) is 0 Å². The summed E-state index contributed by atoms with van der Waals surface area (Å²) >= 11 is 0. The van der Waals surface area contributed by atoms with Crippen molar-refractivity contribution in [1.82, 2.24) is 5.32 Å². The Morgan fingerprint density at radius 2 is 0.859 bits per heavy atom. The van der Waals surface area contributed by atoms with Crippen molar-refractivity contribution in [3.63, 3.8) is 0 Å². The zero-order valence-electron chi connectivity index (χ0n) is 43.0. The van der Waals surface area contributed by atoms with Gasteiger partial charge in [0.2, 0.25) is 5.91 Å². The highest BCUT2D eigenvalue weighted by Crippen LogP contribution is 2.43. The molecule has 0 fully saturated rings. The van der Waals surface area contributed by atoms with Crippen LogP contribution >= 0.6 is 7.82 Å². The van der Waals surface area contributed by atoms with E-state index in [0.29, 0.717) is 17.4 Å². The molecule has 0 aliphatic rings. The normalized spacial score (nSPS) is 14.3. The van der Waals surface area contributed by atoms with Crippen LogP contribution in [0.15, 0.2) is 36.5 Å². The number of carbonyl (C=O) groups is 1. The van der Waals surface area contributed by atoms with Gasteiger partial charge in [0.05, 0.1) is 39.9 Å².